The molecule has 1 nitrogen and oxygen atoms in total. The molecular formula is C23H21BO. The summed E-state index contributed by atoms with van der Waals surface area (Å²) in [7, 11) is 2.12. The van der Waals surface area contributed by atoms with Crippen LogP contribution in [-0.2, 0) is 6.42 Å². The van der Waals surface area contributed by atoms with Crippen LogP contribution in [0.3, 0.4) is 0 Å². The monoisotopic (exact) mass is 324 g/mol. The summed E-state index contributed by atoms with van der Waals surface area (Å²) in [6.45, 7) is 0. The molecule has 0 spiro atoms. The minimum absolute atomic E-state index is 0.172. The average Bonchev–Trinajstić information content (AvgIpc) is 2.84. The van der Waals surface area contributed by atoms with Gasteiger partial charge in [-0.3, -0.25) is 0 Å². The Bertz CT molecular complexity index is 899. The van der Waals surface area contributed by atoms with Gasteiger partial charge in [-0.1, -0.05) is 84.3 Å². The Morgan fingerprint density at radius 2 is 1.72 bits per heavy atom. The lowest BCUT2D eigenvalue weighted by atomic mass is 9.94. The lowest BCUT2D eigenvalue weighted by molar-refractivity contribution is 0.207. The Kier molecular flexibility index (Phi) is 4.43. The smallest absolute Gasteiger partial charge is 0.139 e. The van der Waals surface area contributed by atoms with Crippen molar-refractivity contribution in [2.24, 2.45) is 0 Å². The summed E-state index contributed by atoms with van der Waals surface area (Å²) in [5, 5.41) is 0. The van der Waals surface area contributed by atoms with E-state index >= 15 is 0 Å². The van der Waals surface area contributed by atoms with Crippen molar-refractivity contribution in [3.8, 4) is 16.9 Å². The number of hydrogen-bond acceptors (Lipinski definition) is 1. The maximum absolute atomic E-state index is 6.30. The highest BCUT2D eigenvalue weighted by Crippen LogP contribution is 2.27. The molecule has 0 amide bonds. The minimum atomic E-state index is 0.172. The van der Waals surface area contributed by atoms with Gasteiger partial charge in [0.2, 0.25) is 0 Å². The topological polar surface area (TPSA) is 9.23 Å². The maximum atomic E-state index is 6.30. The van der Waals surface area contributed by atoms with E-state index in [1.807, 2.05) is 0 Å². The van der Waals surface area contributed by atoms with Crippen LogP contribution < -0.4 is 10.2 Å². The first-order valence-electron chi connectivity index (χ1n) is 8.86. The summed E-state index contributed by atoms with van der Waals surface area (Å²) in [6, 6.07) is 25.7. The van der Waals surface area contributed by atoms with Crippen molar-refractivity contribution in [1.82, 2.24) is 0 Å². The first-order chi connectivity index (χ1) is 12.3. The molecule has 1 unspecified atom stereocenters. The molecule has 1 aliphatic rings. The highest BCUT2D eigenvalue weighted by molar-refractivity contribution is 6.32. The SMILES string of the molecule is Bc1ccc2c(c1)C=CCC(Cc1cccc(-c3ccccc3)c1)O2. The van der Waals surface area contributed by atoms with E-state index in [0.717, 1.165) is 18.6 Å². The van der Waals surface area contributed by atoms with Crippen LogP contribution in [0.4, 0.5) is 0 Å². The van der Waals surface area contributed by atoms with E-state index in [0.29, 0.717) is 0 Å². The number of rotatable bonds is 3. The van der Waals surface area contributed by atoms with Gasteiger partial charge in [0.25, 0.3) is 0 Å². The van der Waals surface area contributed by atoms with Crippen LogP contribution in [0.1, 0.15) is 17.5 Å². The molecule has 2 heteroatoms. The Balaban J connectivity index is 1.55. The number of hydrogen-bond donors (Lipinski definition) is 0. The summed E-state index contributed by atoms with van der Waals surface area (Å²) in [5.41, 5.74) is 6.28. The molecule has 1 aliphatic heterocycles. The van der Waals surface area contributed by atoms with Gasteiger partial charge in [0.1, 0.15) is 19.7 Å². The van der Waals surface area contributed by atoms with Crippen molar-refractivity contribution < 1.29 is 4.74 Å². The maximum Gasteiger partial charge on any atom is 0.139 e. The molecule has 0 fully saturated rings. The Morgan fingerprint density at radius 3 is 2.60 bits per heavy atom. The molecule has 0 aliphatic carbocycles. The van der Waals surface area contributed by atoms with Crippen LogP contribution in [-0.4, -0.2) is 14.0 Å². The van der Waals surface area contributed by atoms with Crippen molar-refractivity contribution in [3.05, 3.63) is 90.0 Å². The quantitative estimate of drug-likeness (QED) is 0.661. The number of benzene rings is 3. The lowest BCUT2D eigenvalue weighted by Gasteiger charge is -2.18. The van der Waals surface area contributed by atoms with Crippen LogP contribution in [0.15, 0.2) is 78.9 Å². The molecule has 0 bridgehead atoms. The summed E-state index contributed by atoms with van der Waals surface area (Å²) in [6.07, 6.45) is 6.44. The van der Waals surface area contributed by atoms with Gasteiger partial charge in [-0.2, -0.15) is 0 Å². The second kappa shape index (κ2) is 7.02. The van der Waals surface area contributed by atoms with Gasteiger partial charge in [0.05, 0.1) is 0 Å². The van der Waals surface area contributed by atoms with Gasteiger partial charge in [0.15, 0.2) is 0 Å². The normalized spacial score (nSPS) is 15.9. The van der Waals surface area contributed by atoms with Gasteiger partial charge in [0, 0.05) is 18.4 Å². The van der Waals surface area contributed by atoms with Crippen LogP contribution in [0, 0.1) is 0 Å². The van der Waals surface area contributed by atoms with E-state index in [9.17, 15) is 0 Å². The molecule has 4 rings (SSSR count). The highest BCUT2D eigenvalue weighted by atomic mass is 16.5. The van der Waals surface area contributed by atoms with E-state index in [-0.39, 0.29) is 6.10 Å². The van der Waals surface area contributed by atoms with Gasteiger partial charge >= 0.3 is 0 Å². The van der Waals surface area contributed by atoms with Crippen molar-refractivity contribution in [3.63, 3.8) is 0 Å². The molecule has 25 heavy (non-hydrogen) atoms. The predicted octanol–water partition coefficient (Wildman–Crippen LogP) is 4.02. The zero-order valence-electron chi connectivity index (χ0n) is 14.5. The van der Waals surface area contributed by atoms with Crippen molar-refractivity contribution in [2.75, 3.05) is 0 Å². The van der Waals surface area contributed by atoms with Crippen LogP contribution in [0.2, 0.25) is 0 Å². The largest absolute Gasteiger partial charge is 0.489 e. The molecule has 0 saturated carbocycles. The van der Waals surface area contributed by atoms with Crippen molar-refractivity contribution in [1.29, 1.82) is 0 Å². The van der Waals surface area contributed by atoms with E-state index in [2.05, 4.69) is 92.8 Å². The fourth-order valence-corrected chi connectivity index (χ4v) is 3.38. The molecule has 0 aromatic heterocycles. The summed E-state index contributed by atoms with van der Waals surface area (Å²) in [5.74, 6) is 0.989. The highest BCUT2D eigenvalue weighted by Gasteiger charge is 2.15. The van der Waals surface area contributed by atoms with Crippen LogP contribution >= 0.6 is 0 Å². The number of ether oxygens (including phenoxy) is 1. The van der Waals surface area contributed by atoms with Crippen LogP contribution in [0.5, 0.6) is 5.75 Å². The molecule has 0 radical (unpaired) electrons. The van der Waals surface area contributed by atoms with Gasteiger partial charge in [-0.05, 0) is 22.8 Å². The standard InChI is InChI=1S/C23H21BO/c24-21-12-13-23-20(16-21)10-5-11-22(25-23)15-17-6-4-9-19(14-17)18-7-2-1-3-8-18/h1-10,12-14,16,22H,11,15,24H2. The Labute approximate surface area is 150 Å². The molecule has 1 heterocycles. The van der Waals surface area contributed by atoms with Crippen molar-refractivity contribution >= 4 is 19.4 Å². The molecule has 3 aromatic carbocycles. The molecule has 0 saturated heterocycles. The van der Waals surface area contributed by atoms with Crippen molar-refractivity contribution in [2.45, 2.75) is 18.9 Å². The molecule has 0 N–H and O–H groups in total. The third kappa shape index (κ3) is 3.69. The average molecular weight is 324 g/mol. The minimum Gasteiger partial charge on any atom is -0.489 e. The lowest BCUT2D eigenvalue weighted by Crippen LogP contribution is -2.18. The molecule has 122 valence electrons. The first-order valence-corrected chi connectivity index (χ1v) is 8.86. The van der Waals surface area contributed by atoms with Crippen LogP contribution in [0.25, 0.3) is 17.2 Å². The Hall–Kier alpha value is -2.74. The molecule has 1 atom stereocenters. The predicted molar refractivity (Wildman–Crippen MR) is 108 cm³/mol. The third-order valence-electron chi connectivity index (χ3n) is 4.65. The second-order valence-electron chi connectivity index (χ2n) is 6.69. The third-order valence-corrected chi connectivity index (χ3v) is 4.65. The van der Waals surface area contributed by atoms with Gasteiger partial charge in [-0.25, -0.2) is 0 Å². The van der Waals surface area contributed by atoms with E-state index in [4.69, 9.17) is 4.74 Å². The summed E-state index contributed by atoms with van der Waals surface area (Å²) >= 11 is 0. The summed E-state index contributed by atoms with van der Waals surface area (Å²) in [4.78, 5) is 0. The fourth-order valence-electron chi connectivity index (χ4n) is 3.38. The van der Waals surface area contributed by atoms with Gasteiger partial charge < -0.3 is 4.74 Å². The first kappa shape index (κ1) is 15.8. The zero-order valence-corrected chi connectivity index (χ0v) is 14.5. The number of fused-ring (bicyclic) bond motifs is 1. The zero-order chi connectivity index (χ0) is 17.1. The van der Waals surface area contributed by atoms with E-state index < -0.39 is 0 Å². The van der Waals surface area contributed by atoms with E-state index in [1.54, 1.807) is 0 Å². The fraction of sp³-hybridized carbons (Fsp3) is 0.130. The Morgan fingerprint density at radius 1 is 0.880 bits per heavy atom. The molecule has 3 aromatic rings. The summed E-state index contributed by atoms with van der Waals surface area (Å²) < 4.78 is 6.30. The van der Waals surface area contributed by atoms with E-state index in [1.165, 1.54) is 27.7 Å². The van der Waals surface area contributed by atoms with Gasteiger partial charge in [-0.15, -0.1) is 0 Å². The molecular weight excluding hydrogens is 303 g/mol. The second-order valence-corrected chi connectivity index (χ2v) is 6.69.